The van der Waals surface area contributed by atoms with E-state index in [2.05, 4.69) is 17.5 Å². The van der Waals surface area contributed by atoms with Gasteiger partial charge in [-0.05, 0) is 12.2 Å². The van der Waals surface area contributed by atoms with Gasteiger partial charge in [0.15, 0.2) is 11.2 Å². The van der Waals surface area contributed by atoms with Crippen molar-refractivity contribution in [2.75, 3.05) is 6.54 Å². The summed E-state index contributed by atoms with van der Waals surface area (Å²) in [4.78, 5) is 22.5. The minimum Gasteiger partial charge on any atom is -0.500 e. The van der Waals surface area contributed by atoms with E-state index in [1.807, 2.05) is 5.32 Å². The molecule has 2 heterocycles. The van der Waals surface area contributed by atoms with Crippen LogP contribution in [0.1, 0.15) is 0 Å². The van der Waals surface area contributed by atoms with Gasteiger partial charge >= 0.3 is 6.03 Å². The fourth-order valence-electron chi connectivity index (χ4n) is 2.05. The largest absolute Gasteiger partial charge is 0.500 e. The number of thiocarbonyl (C=S) groups is 1. The summed E-state index contributed by atoms with van der Waals surface area (Å²) in [5.41, 5.74) is 0. The number of aliphatic hydroxyl groups excluding tert-OH is 3. The van der Waals surface area contributed by atoms with Gasteiger partial charge in [0.1, 0.15) is 18.3 Å². The lowest BCUT2D eigenvalue weighted by Gasteiger charge is -2.28. The Kier molecular flexibility index (Phi) is 3.48. The highest BCUT2D eigenvalue weighted by Crippen LogP contribution is 2.28. The Morgan fingerprint density at radius 2 is 2.00 bits per heavy atom. The summed E-state index contributed by atoms with van der Waals surface area (Å²) in [7, 11) is 0. The number of nitrogens with one attached hydrogen (secondary N) is 2. The predicted octanol–water partition coefficient (Wildman–Crippen LogP) is -2.18. The summed E-state index contributed by atoms with van der Waals surface area (Å²) in [6.07, 6.45) is -5.04. The van der Waals surface area contributed by atoms with Gasteiger partial charge in [0.05, 0.1) is 5.92 Å². The molecule has 0 aromatic carbocycles. The molecule has 0 saturated carbocycles. The highest BCUT2D eigenvalue weighted by atomic mass is 32.1. The second kappa shape index (κ2) is 4.76. The number of carbonyl (C=O) groups is 2. The van der Waals surface area contributed by atoms with Crippen molar-refractivity contribution < 1.29 is 29.6 Å². The topological polar surface area (TPSA) is 128 Å². The molecule has 0 aromatic rings. The summed E-state index contributed by atoms with van der Waals surface area (Å²) in [6.45, 7) is -0.0238. The van der Waals surface area contributed by atoms with Crippen molar-refractivity contribution in [1.82, 2.24) is 10.6 Å². The monoisotopic (exact) mass is 276 g/mol. The van der Waals surface area contributed by atoms with Gasteiger partial charge in [-0.3, -0.25) is 10.1 Å². The number of hydrogen-bond acceptors (Lipinski definition) is 6. The molecule has 3 amide bonds. The third-order valence-corrected chi connectivity index (χ3v) is 3.23. The zero-order valence-corrected chi connectivity index (χ0v) is 9.88. The molecule has 0 aromatic heterocycles. The molecule has 100 valence electrons. The third-order valence-electron chi connectivity index (χ3n) is 3.00. The van der Waals surface area contributed by atoms with E-state index < -0.39 is 47.3 Å². The zero-order valence-electron chi connectivity index (χ0n) is 9.07. The number of imide groups is 1. The molecule has 0 radical (unpaired) electrons. The maximum absolute atomic E-state index is 11.6. The lowest BCUT2D eigenvalue weighted by Crippen LogP contribution is -2.57. The molecule has 2 saturated heterocycles. The van der Waals surface area contributed by atoms with Crippen LogP contribution < -0.4 is 10.6 Å². The molecule has 0 spiro atoms. The highest BCUT2D eigenvalue weighted by Gasteiger charge is 2.50. The van der Waals surface area contributed by atoms with E-state index in [9.17, 15) is 19.8 Å². The Hall–Kier alpha value is -1.29. The van der Waals surface area contributed by atoms with Crippen LogP contribution in [0.15, 0.2) is 0 Å². The van der Waals surface area contributed by atoms with Crippen LogP contribution >= 0.6 is 12.2 Å². The summed E-state index contributed by atoms with van der Waals surface area (Å²) < 4.78 is 5.19. The average molecular weight is 276 g/mol. The standard InChI is InChI=1S/C9H12N2O6S/c12-3-4(13)6(8(15)18)17-5(3)2-1-10-9(16)11-7(2)14/h2-6,12-13H,1H2,(H,15,18)(H2,10,11,14,16)/t2?,3-,4+,5+,6+/m1/s1. The van der Waals surface area contributed by atoms with Crippen LogP contribution in [0.3, 0.4) is 0 Å². The van der Waals surface area contributed by atoms with E-state index in [0.717, 1.165) is 0 Å². The number of ether oxygens (including phenoxy) is 1. The Morgan fingerprint density at radius 1 is 1.33 bits per heavy atom. The number of urea groups is 1. The highest BCUT2D eigenvalue weighted by molar-refractivity contribution is 7.80. The first-order valence-corrected chi connectivity index (χ1v) is 5.65. The van der Waals surface area contributed by atoms with Gasteiger partial charge in [0, 0.05) is 6.54 Å². The normalized spacial score (nSPS) is 40.2. The smallest absolute Gasteiger partial charge is 0.321 e. The molecular weight excluding hydrogens is 264 g/mol. The van der Waals surface area contributed by atoms with Crippen molar-refractivity contribution in [1.29, 1.82) is 0 Å². The molecule has 2 aliphatic rings. The van der Waals surface area contributed by atoms with E-state index in [-0.39, 0.29) is 6.54 Å². The van der Waals surface area contributed by atoms with Gasteiger partial charge in [-0.1, -0.05) is 0 Å². The number of amides is 3. The van der Waals surface area contributed by atoms with Crippen molar-refractivity contribution in [3.63, 3.8) is 0 Å². The molecule has 5 atom stereocenters. The van der Waals surface area contributed by atoms with Crippen LogP contribution in [0.25, 0.3) is 0 Å². The van der Waals surface area contributed by atoms with E-state index in [0.29, 0.717) is 0 Å². The summed E-state index contributed by atoms with van der Waals surface area (Å²) in [6, 6.07) is -0.626. The van der Waals surface area contributed by atoms with Crippen LogP contribution in [0.2, 0.25) is 0 Å². The minimum absolute atomic E-state index is 0.0238. The van der Waals surface area contributed by atoms with E-state index >= 15 is 0 Å². The molecule has 18 heavy (non-hydrogen) atoms. The average Bonchev–Trinajstić information content (AvgIpc) is 2.57. The molecule has 0 bridgehead atoms. The maximum Gasteiger partial charge on any atom is 0.321 e. The predicted molar refractivity (Wildman–Crippen MR) is 60.9 cm³/mol. The molecule has 8 nitrogen and oxygen atoms in total. The first kappa shape index (κ1) is 13.1. The van der Waals surface area contributed by atoms with Crippen molar-refractivity contribution in [2.24, 2.45) is 5.92 Å². The van der Waals surface area contributed by atoms with Gasteiger partial charge in [0.25, 0.3) is 0 Å². The van der Waals surface area contributed by atoms with E-state index in [1.165, 1.54) is 0 Å². The van der Waals surface area contributed by atoms with Gasteiger partial charge < -0.3 is 25.4 Å². The van der Waals surface area contributed by atoms with Crippen molar-refractivity contribution in [3.8, 4) is 0 Å². The van der Waals surface area contributed by atoms with Crippen molar-refractivity contribution >= 4 is 29.2 Å². The molecule has 5 N–H and O–H groups in total. The second-order valence-electron chi connectivity index (χ2n) is 4.15. The summed E-state index contributed by atoms with van der Waals surface area (Å²) >= 11 is 4.48. The second-order valence-corrected chi connectivity index (χ2v) is 4.56. The fourth-order valence-corrected chi connectivity index (χ4v) is 2.25. The third kappa shape index (κ3) is 2.17. The number of rotatable bonds is 2. The van der Waals surface area contributed by atoms with Gasteiger partial charge in [0.2, 0.25) is 5.91 Å². The molecule has 2 fully saturated rings. The lowest BCUT2D eigenvalue weighted by atomic mass is 9.94. The molecule has 1 unspecified atom stereocenters. The van der Waals surface area contributed by atoms with Gasteiger partial charge in [-0.15, -0.1) is 0 Å². The summed E-state index contributed by atoms with van der Waals surface area (Å²) in [5, 5.41) is 32.3. The molecule has 0 aliphatic carbocycles. The fraction of sp³-hybridized carbons (Fsp3) is 0.667. The Morgan fingerprint density at radius 3 is 2.50 bits per heavy atom. The quantitative estimate of drug-likeness (QED) is 0.363. The van der Waals surface area contributed by atoms with Crippen LogP contribution in [0.5, 0.6) is 0 Å². The van der Waals surface area contributed by atoms with E-state index in [4.69, 9.17) is 9.84 Å². The van der Waals surface area contributed by atoms with E-state index in [1.54, 1.807) is 0 Å². The number of carbonyl (C=O) groups excluding carboxylic acids is 2. The van der Waals surface area contributed by atoms with Crippen LogP contribution in [0.4, 0.5) is 4.79 Å². The summed E-state index contributed by atoms with van der Waals surface area (Å²) in [5.74, 6) is -1.47. The Balaban J connectivity index is 2.12. The van der Waals surface area contributed by atoms with Crippen LogP contribution in [0, 0.1) is 5.92 Å². The number of hydrogen-bond donors (Lipinski definition) is 5. The Labute approximate surface area is 107 Å². The van der Waals surface area contributed by atoms with Gasteiger partial charge in [-0.25, -0.2) is 4.79 Å². The molecule has 9 heteroatoms. The Bertz CT molecular complexity index is 403. The van der Waals surface area contributed by atoms with Crippen LogP contribution in [-0.4, -0.2) is 63.3 Å². The van der Waals surface area contributed by atoms with Crippen molar-refractivity contribution in [3.05, 3.63) is 0 Å². The molecule has 2 aliphatic heterocycles. The minimum atomic E-state index is -1.40. The SMILES string of the molecule is O=C1NCC([C@@H]2O[C@H](C(O)=S)[C@@H](O)[C@H]2O)C(=O)N1. The van der Waals surface area contributed by atoms with Crippen LogP contribution in [-0.2, 0) is 9.53 Å². The first-order chi connectivity index (χ1) is 8.41. The van der Waals surface area contributed by atoms with Crippen molar-refractivity contribution in [2.45, 2.75) is 24.4 Å². The molecule has 2 rings (SSSR count). The zero-order chi connectivity index (χ0) is 13.4. The first-order valence-electron chi connectivity index (χ1n) is 5.25. The lowest BCUT2D eigenvalue weighted by molar-refractivity contribution is -0.131. The molecular formula is C9H12N2O6S. The number of aliphatic hydroxyl groups is 3. The maximum atomic E-state index is 11.6. The van der Waals surface area contributed by atoms with Gasteiger partial charge in [-0.2, -0.15) is 0 Å².